The molecule has 0 amide bonds. The molecule has 0 aliphatic carbocycles. The van der Waals surface area contributed by atoms with Crippen LogP contribution in [0.4, 0.5) is 11.5 Å². The number of fused-ring (bicyclic) bond motifs is 1. The molecule has 0 spiro atoms. The van der Waals surface area contributed by atoms with Crippen LogP contribution in [0.3, 0.4) is 0 Å². The van der Waals surface area contributed by atoms with Crippen LogP contribution in [0.25, 0.3) is 0 Å². The number of likely N-dealkylation sites (tertiary alicyclic amines) is 1. The van der Waals surface area contributed by atoms with Crippen LogP contribution in [0.5, 0.6) is 11.5 Å². The van der Waals surface area contributed by atoms with Crippen LogP contribution < -0.4 is 25.2 Å². The zero-order valence-electron chi connectivity index (χ0n) is 17.4. The van der Waals surface area contributed by atoms with Crippen molar-refractivity contribution in [1.82, 2.24) is 14.9 Å². The molecule has 9 heteroatoms. The third-order valence-corrected chi connectivity index (χ3v) is 5.52. The molecule has 9 nitrogen and oxygen atoms in total. The number of hydrazine groups is 1. The van der Waals surface area contributed by atoms with Crippen LogP contribution in [0, 0.1) is 12.3 Å². The van der Waals surface area contributed by atoms with Gasteiger partial charge in [-0.25, -0.2) is 9.97 Å². The van der Waals surface area contributed by atoms with Crippen LogP contribution in [0.1, 0.15) is 11.6 Å². The van der Waals surface area contributed by atoms with Gasteiger partial charge in [0.2, 0.25) is 0 Å². The summed E-state index contributed by atoms with van der Waals surface area (Å²) in [6.07, 6.45) is 13.2. The van der Waals surface area contributed by atoms with E-state index in [0.717, 1.165) is 17.5 Å². The lowest BCUT2D eigenvalue weighted by atomic mass is 10.1. The molecule has 2 aliphatic heterocycles. The van der Waals surface area contributed by atoms with Crippen molar-refractivity contribution in [2.45, 2.75) is 18.1 Å². The first-order valence-corrected chi connectivity index (χ1v) is 9.80. The van der Waals surface area contributed by atoms with E-state index in [1.165, 1.54) is 12.4 Å². The van der Waals surface area contributed by atoms with Crippen molar-refractivity contribution in [3.63, 3.8) is 0 Å². The first-order valence-electron chi connectivity index (χ1n) is 9.80. The van der Waals surface area contributed by atoms with Gasteiger partial charge in [0, 0.05) is 49.7 Å². The number of nitrogens with two attached hydrogens (primary N) is 1. The standard InChI is InChI=1S/C22H24N6O3/c1-4-20-18-11-24-14-25-22(18)28(21-13-26(6-5-7-29)12-19(21)23)27(20)15-8-16(30-2)10-17(9-15)31-3/h1,5-11,14,19-21H,12-13,23H2,2-3H3/t19?,20?,21-/m0/s1. The first kappa shape index (κ1) is 20.5. The fourth-order valence-corrected chi connectivity index (χ4v) is 4.13. The number of anilines is 2. The van der Waals surface area contributed by atoms with Crippen LogP contribution in [0.2, 0.25) is 0 Å². The first-order chi connectivity index (χ1) is 15.1. The van der Waals surface area contributed by atoms with Gasteiger partial charge < -0.3 is 20.1 Å². The topological polar surface area (TPSA) is 97.1 Å². The molecule has 4 rings (SSSR count). The van der Waals surface area contributed by atoms with Gasteiger partial charge in [-0.2, -0.15) is 0 Å². The second kappa shape index (κ2) is 8.53. The zero-order valence-corrected chi connectivity index (χ0v) is 17.4. The molecule has 0 bridgehead atoms. The van der Waals surface area contributed by atoms with Gasteiger partial charge in [-0.1, -0.05) is 5.92 Å². The minimum Gasteiger partial charge on any atom is -0.497 e. The number of aldehydes is 1. The summed E-state index contributed by atoms with van der Waals surface area (Å²) in [7, 11) is 3.20. The number of hydrogen-bond donors (Lipinski definition) is 1. The molecule has 2 N–H and O–H groups in total. The molecule has 2 aliphatic rings. The number of hydrogen-bond acceptors (Lipinski definition) is 9. The minimum absolute atomic E-state index is 0.138. The molecule has 1 saturated heterocycles. The normalized spacial score (nSPS) is 22.5. The second-order valence-electron chi connectivity index (χ2n) is 7.29. The molecule has 0 radical (unpaired) electrons. The Morgan fingerprint density at radius 3 is 2.58 bits per heavy atom. The Labute approximate surface area is 181 Å². The molecular weight excluding hydrogens is 396 g/mol. The number of ether oxygens (including phenoxy) is 2. The van der Waals surface area contributed by atoms with Gasteiger partial charge in [0.15, 0.2) is 5.82 Å². The summed E-state index contributed by atoms with van der Waals surface area (Å²) in [5.74, 6) is 4.85. The Hall–Kier alpha value is -3.77. The number of allylic oxidation sites excluding steroid dienone is 1. The number of benzene rings is 1. The number of rotatable bonds is 6. The molecule has 1 aromatic heterocycles. The van der Waals surface area contributed by atoms with Gasteiger partial charge in [-0.3, -0.25) is 14.8 Å². The Kier molecular flexibility index (Phi) is 5.64. The zero-order chi connectivity index (χ0) is 22.0. The number of carbonyl (C=O) groups is 1. The molecule has 2 unspecified atom stereocenters. The molecule has 2 aromatic rings. The van der Waals surface area contributed by atoms with Gasteiger partial charge in [0.1, 0.15) is 30.2 Å². The third kappa shape index (κ3) is 3.62. The number of terminal acetylenes is 1. The van der Waals surface area contributed by atoms with Gasteiger partial charge in [0.25, 0.3) is 0 Å². The number of nitrogens with zero attached hydrogens (tertiary/aromatic N) is 5. The highest BCUT2D eigenvalue weighted by atomic mass is 16.5. The van der Waals surface area contributed by atoms with Crippen molar-refractivity contribution in [2.75, 3.05) is 37.3 Å². The number of methoxy groups -OCH3 is 2. The van der Waals surface area contributed by atoms with Crippen molar-refractivity contribution in [3.05, 3.63) is 48.6 Å². The Bertz CT molecular complexity index is 1010. The summed E-state index contributed by atoms with van der Waals surface area (Å²) in [6.45, 7) is 1.20. The number of aromatic nitrogens is 2. The van der Waals surface area contributed by atoms with E-state index in [1.807, 2.05) is 27.1 Å². The van der Waals surface area contributed by atoms with Crippen molar-refractivity contribution in [2.24, 2.45) is 5.73 Å². The van der Waals surface area contributed by atoms with Crippen LogP contribution in [-0.4, -0.2) is 60.5 Å². The summed E-state index contributed by atoms with van der Waals surface area (Å²) in [5, 5.41) is 4.02. The van der Waals surface area contributed by atoms with E-state index in [1.54, 1.807) is 32.7 Å². The monoisotopic (exact) mass is 420 g/mol. The lowest BCUT2D eigenvalue weighted by molar-refractivity contribution is -0.104. The molecule has 1 aromatic carbocycles. The second-order valence-corrected chi connectivity index (χ2v) is 7.29. The highest BCUT2D eigenvalue weighted by Crippen LogP contribution is 2.44. The lowest BCUT2D eigenvalue weighted by Gasteiger charge is -2.39. The summed E-state index contributed by atoms with van der Waals surface area (Å²) >= 11 is 0. The Balaban J connectivity index is 1.82. The van der Waals surface area contributed by atoms with E-state index in [9.17, 15) is 4.79 Å². The average molecular weight is 420 g/mol. The van der Waals surface area contributed by atoms with Crippen molar-refractivity contribution < 1.29 is 14.3 Å². The Morgan fingerprint density at radius 2 is 1.94 bits per heavy atom. The SMILES string of the molecule is C#CC1c2cncnc2N([C@H]2CN(C=CC=O)CC2N)N1c1cc(OC)cc(OC)c1. The third-order valence-electron chi connectivity index (χ3n) is 5.52. The summed E-state index contributed by atoms with van der Waals surface area (Å²) in [6, 6.07) is 4.81. The van der Waals surface area contributed by atoms with Gasteiger partial charge >= 0.3 is 0 Å². The van der Waals surface area contributed by atoms with Crippen molar-refractivity contribution >= 4 is 17.8 Å². The quantitative estimate of drug-likeness (QED) is 0.419. The minimum atomic E-state index is -0.431. The maximum absolute atomic E-state index is 10.8. The van der Waals surface area contributed by atoms with E-state index < -0.39 is 6.04 Å². The van der Waals surface area contributed by atoms with E-state index in [2.05, 4.69) is 15.9 Å². The maximum atomic E-state index is 10.8. The average Bonchev–Trinajstić information content (AvgIpc) is 3.33. The molecule has 3 atom stereocenters. The maximum Gasteiger partial charge on any atom is 0.157 e. The fourth-order valence-electron chi connectivity index (χ4n) is 4.13. The lowest BCUT2D eigenvalue weighted by Crippen LogP contribution is -2.54. The molecule has 1 fully saturated rings. The van der Waals surface area contributed by atoms with Crippen LogP contribution >= 0.6 is 0 Å². The van der Waals surface area contributed by atoms with Crippen molar-refractivity contribution in [3.8, 4) is 23.8 Å². The van der Waals surface area contributed by atoms with Crippen LogP contribution in [0.15, 0.2) is 43.0 Å². The van der Waals surface area contributed by atoms with Crippen molar-refractivity contribution in [1.29, 1.82) is 0 Å². The van der Waals surface area contributed by atoms with Crippen LogP contribution in [-0.2, 0) is 4.79 Å². The molecule has 31 heavy (non-hydrogen) atoms. The summed E-state index contributed by atoms with van der Waals surface area (Å²) in [4.78, 5) is 21.5. The van der Waals surface area contributed by atoms with E-state index in [-0.39, 0.29) is 12.1 Å². The number of carbonyl (C=O) groups excluding carboxylic acids is 1. The summed E-state index contributed by atoms with van der Waals surface area (Å²) < 4.78 is 10.9. The van der Waals surface area contributed by atoms with E-state index >= 15 is 0 Å². The molecular formula is C22H24N6O3. The van der Waals surface area contributed by atoms with Gasteiger partial charge in [0.05, 0.1) is 31.5 Å². The van der Waals surface area contributed by atoms with Gasteiger partial charge in [-0.15, -0.1) is 6.42 Å². The fraction of sp³-hybridized carbons (Fsp3) is 0.318. The predicted molar refractivity (Wildman–Crippen MR) is 117 cm³/mol. The summed E-state index contributed by atoms with van der Waals surface area (Å²) in [5.41, 5.74) is 8.14. The Morgan fingerprint density at radius 1 is 1.19 bits per heavy atom. The largest absolute Gasteiger partial charge is 0.497 e. The van der Waals surface area contributed by atoms with E-state index in [4.69, 9.17) is 21.6 Å². The smallest absolute Gasteiger partial charge is 0.157 e. The molecule has 160 valence electrons. The van der Waals surface area contributed by atoms with E-state index in [0.29, 0.717) is 30.4 Å². The highest BCUT2D eigenvalue weighted by molar-refractivity contribution is 5.71. The molecule has 0 saturated carbocycles. The molecule has 3 heterocycles. The van der Waals surface area contributed by atoms with Gasteiger partial charge in [-0.05, 0) is 6.08 Å². The highest BCUT2D eigenvalue weighted by Gasteiger charge is 2.45. The predicted octanol–water partition coefficient (Wildman–Crippen LogP) is 1.13.